The molecule has 0 fully saturated rings. The van der Waals surface area contributed by atoms with E-state index in [2.05, 4.69) is 34.7 Å². The number of aryl methyl sites for hydroxylation is 1. The van der Waals surface area contributed by atoms with Crippen molar-refractivity contribution in [2.24, 2.45) is 5.92 Å². The van der Waals surface area contributed by atoms with Gasteiger partial charge >= 0.3 is 0 Å². The molecule has 0 aromatic carbocycles. The topological polar surface area (TPSA) is 93.8 Å². The minimum absolute atomic E-state index is 0.109. The number of nitrogens with one attached hydrogen (secondary N) is 2. The van der Waals surface area contributed by atoms with Crippen LogP contribution in [0.25, 0.3) is 0 Å². The SMILES string of the molecule is CCn1nc(CC(C)C)cc1C(=O)Nc1cnn(CC(=O)NC)c1. The van der Waals surface area contributed by atoms with Crippen molar-refractivity contribution < 1.29 is 9.59 Å². The van der Waals surface area contributed by atoms with E-state index in [1.807, 2.05) is 13.0 Å². The number of anilines is 1. The summed E-state index contributed by atoms with van der Waals surface area (Å²) in [5, 5.41) is 13.8. The smallest absolute Gasteiger partial charge is 0.274 e. The van der Waals surface area contributed by atoms with Gasteiger partial charge in [-0.25, -0.2) is 0 Å². The molecule has 0 aliphatic carbocycles. The first-order valence-corrected chi connectivity index (χ1v) is 8.04. The summed E-state index contributed by atoms with van der Waals surface area (Å²) in [6.45, 7) is 6.91. The molecule has 0 unspecified atom stereocenters. The molecule has 2 rings (SSSR count). The minimum atomic E-state index is -0.237. The summed E-state index contributed by atoms with van der Waals surface area (Å²) in [4.78, 5) is 23.8. The van der Waals surface area contributed by atoms with Crippen molar-refractivity contribution in [1.82, 2.24) is 24.9 Å². The quantitative estimate of drug-likeness (QED) is 0.799. The summed E-state index contributed by atoms with van der Waals surface area (Å²) in [7, 11) is 1.56. The Morgan fingerprint density at radius 2 is 2.08 bits per heavy atom. The first kappa shape index (κ1) is 17.7. The number of rotatable bonds is 7. The first-order valence-electron chi connectivity index (χ1n) is 8.04. The van der Waals surface area contributed by atoms with Gasteiger partial charge in [0.15, 0.2) is 0 Å². The lowest BCUT2D eigenvalue weighted by molar-refractivity contribution is -0.121. The van der Waals surface area contributed by atoms with Crippen molar-refractivity contribution in [2.45, 2.75) is 40.3 Å². The van der Waals surface area contributed by atoms with Crippen LogP contribution >= 0.6 is 0 Å². The van der Waals surface area contributed by atoms with Crippen LogP contribution in [0.1, 0.15) is 37.0 Å². The van der Waals surface area contributed by atoms with Crippen molar-refractivity contribution in [3.8, 4) is 0 Å². The van der Waals surface area contributed by atoms with Crippen LogP contribution in [0.2, 0.25) is 0 Å². The molecule has 0 spiro atoms. The average molecular weight is 332 g/mol. The van der Waals surface area contributed by atoms with Gasteiger partial charge in [-0.2, -0.15) is 10.2 Å². The van der Waals surface area contributed by atoms with Crippen LogP contribution in [0.3, 0.4) is 0 Å². The maximum Gasteiger partial charge on any atom is 0.274 e. The van der Waals surface area contributed by atoms with E-state index in [0.717, 1.165) is 12.1 Å². The van der Waals surface area contributed by atoms with Crippen LogP contribution in [0.15, 0.2) is 18.5 Å². The number of amides is 2. The Morgan fingerprint density at radius 3 is 2.71 bits per heavy atom. The molecule has 2 heterocycles. The molecule has 0 radical (unpaired) electrons. The second kappa shape index (κ2) is 7.76. The van der Waals surface area contributed by atoms with Crippen LogP contribution in [0.5, 0.6) is 0 Å². The molecule has 2 N–H and O–H groups in total. The van der Waals surface area contributed by atoms with E-state index >= 15 is 0 Å². The second-order valence-electron chi connectivity index (χ2n) is 5.99. The molecule has 0 aliphatic rings. The van der Waals surface area contributed by atoms with Gasteiger partial charge < -0.3 is 10.6 Å². The van der Waals surface area contributed by atoms with Gasteiger partial charge in [0, 0.05) is 19.8 Å². The summed E-state index contributed by atoms with van der Waals surface area (Å²) in [5.74, 6) is 0.0845. The predicted octanol–water partition coefficient (Wildman–Crippen LogP) is 1.30. The van der Waals surface area contributed by atoms with Crippen molar-refractivity contribution in [3.05, 3.63) is 29.8 Å². The lowest BCUT2D eigenvalue weighted by atomic mass is 10.1. The molecule has 8 nitrogen and oxygen atoms in total. The highest BCUT2D eigenvalue weighted by atomic mass is 16.2. The minimum Gasteiger partial charge on any atom is -0.358 e. The van der Waals surface area contributed by atoms with E-state index in [9.17, 15) is 9.59 Å². The first-order chi connectivity index (χ1) is 11.4. The Balaban J connectivity index is 2.09. The van der Waals surface area contributed by atoms with E-state index in [-0.39, 0.29) is 18.4 Å². The number of hydrogen-bond donors (Lipinski definition) is 2. The molecule has 2 amide bonds. The van der Waals surface area contributed by atoms with E-state index in [4.69, 9.17) is 0 Å². The van der Waals surface area contributed by atoms with Crippen molar-refractivity contribution >= 4 is 17.5 Å². The third kappa shape index (κ3) is 4.43. The Morgan fingerprint density at radius 1 is 1.33 bits per heavy atom. The fourth-order valence-electron chi connectivity index (χ4n) is 2.35. The molecule has 0 saturated carbocycles. The second-order valence-corrected chi connectivity index (χ2v) is 5.99. The summed E-state index contributed by atoms with van der Waals surface area (Å²) in [5.41, 5.74) is 1.97. The monoisotopic (exact) mass is 332 g/mol. The Labute approximate surface area is 141 Å². The van der Waals surface area contributed by atoms with E-state index in [0.29, 0.717) is 23.8 Å². The number of aromatic nitrogens is 4. The Bertz CT molecular complexity index is 716. The molecule has 0 bridgehead atoms. The third-order valence-corrected chi connectivity index (χ3v) is 3.46. The summed E-state index contributed by atoms with van der Waals surface area (Å²) in [6.07, 6.45) is 3.97. The third-order valence-electron chi connectivity index (χ3n) is 3.46. The number of carbonyl (C=O) groups is 2. The van der Waals surface area contributed by atoms with Crippen LogP contribution in [-0.2, 0) is 24.3 Å². The van der Waals surface area contributed by atoms with Gasteiger partial charge in [-0.05, 0) is 25.3 Å². The lowest BCUT2D eigenvalue weighted by Gasteiger charge is -2.04. The lowest BCUT2D eigenvalue weighted by Crippen LogP contribution is -2.23. The van der Waals surface area contributed by atoms with Crippen molar-refractivity contribution in [3.63, 3.8) is 0 Å². The fourth-order valence-corrected chi connectivity index (χ4v) is 2.35. The maximum absolute atomic E-state index is 12.5. The highest BCUT2D eigenvalue weighted by Gasteiger charge is 2.16. The molecule has 8 heteroatoms. The molecule has 130 valence electrons. The van der Waals surface area contributed by atoms with E-state index in [1.165, 1.54) is 10.9 Å². The van der Waals surface area contributed by atoms with Gasteiger partial charge in [0.05, 0.1) is 17.6 Å². The molecule has 24 heavy (non-hydrogen) atoms. The average Bonchev–Trinajstić information content (AvgIpc) is 3.13. The Hall–Kier alpha value is -2.64. The van der Waals surface area contributed by atoms with Crippen LogP contribution in [0, 0.1) is 5.92 Å². The largest absolute Gasteiger partial charge is 0.358 e. The van der Waals surface area contributed by atoms with Gasteiger partial charge in [0.25, 0.3) is 5.91 Å². The molecule has 0 atom stereocenters. The number of likely N-dealkylation sites (N-methyl/N-ethyl adjacent to an activating group) is 1. The van der Waals surface area contributed by atoms with Crippen LogP contribution in [-0.4, -0.2) is 38.4 Å². The maximum atomic E-state index is 12.5. The van der Waals surface area contributed by atoms with Crippen molar-refractivity contribution in [2.75, 3.05) is 12.4 Å². The molecule has 2 aromatic heterocycles. The van der Waals surface area contributed by atoms with Crippen molar-refractivity contribution in [1.29, 1.82) is 0 Å². The molecule has 2 aromatic rings. The fraction of sp³-hybridized carbons (Fsp3) is 0.500. The van der Waals surface area contributed by atoms with E-state index < -0.39 is 0 Å². The normalized spacial score (nSPS) is 10.9. The number of nitrogens with zero attached hydrogens (tertiary/aromatic N) is 4. The summed E-state index contributed by atoms with van der Waals surface area (Å²) in [6, 6.07) is 1.83. The van der Waals surface area contributed by atoms with Gasteiger partial charge in [-0.15, -0.1) is 0 Å². The molecular formula is C16H24N6O2. The van der Waals surface area contributed by atoms with E-state index in [1.54, 1.807) is 17.9 Å². The Kier molecular flexibility index (Phi) is 5.73. The molecule has 0 aliphatic heterocycles. The highest BCUT2D eigenvalue weighted by Crippen LogP contribution is 2.13. The van der Waals surface area contributed by atoms with Gasteiger partial charge in [-0.1, -0.05) is 13.8 Å². The standard InChI is InChI=1S/C16H24N6O2/c1-5-22-14(7-12(20-22)6-11(2)3)16(24)19-13-8-18-21(9-13)10-15(23)17-4/h7-9,11H,5-6,10H2,1-4H3,(H,17,23)(H,19,24). The zero-order valence-corrected chi connectivity index (χ0v) is 14.5. The van der Waals surface area contributed by atoms with Gasteiger partial charge in [0.2, 0.25) is 5.91 Å². The summed E-state index contributed by atoms with van der Waals surface area (Å²) < 4.78 is 3.16. The summed E-state index contributed by atoms with van der Waals surface area (Å²) >= 11 is 0. The van der Waals surface area contributed by atoms with Crippen LogP contribution in [0.4, 0.5) is 5.69 Å². The van der Waals surface area contributed by atoms with Crippen LogP contribution < -0.4 is 10.6 Å². The molecule has 0 saturated heterocycles. The predicted molar refractivity (Wildman–Crippen MR) is 90.7 cm³/mol. The van der Waals surface area contributed by atoms with Gasteiger partial charge in [0.1, 0.15) is 12.2 Å². The number of carbonyl (C=O) groups excluding carboxylic acids is 2. The number of hydrogen-bond acceptors (Lipinski definition) is 4. The zero-order chi connectivity index (χ0) is 17.7. The zero-order valence-electron chi connectivity index (χ0n) is 14.5. The van der Waals surface area contributed by atoms with Gasteiger partial charge in [-0.3, -0.25) is 19.0 Å². The highest BCUT2D eigenvalue weighted by molar-refractivity contribution is 6.03. The molecular weight excluding hydrogens is 308 g/mol.